The summed E-state index contributed by atoms with van der Waals surface area (Å²) in [6.07, 6.45) is -0.145. The van der Waals surface area contributed by atoms with Crippen LogP contribution in [0, 0.1) is 5.92 Å². The van der Waals surface area contributed by atoms with Crippen LogP contribution in [-0.4, -0.2) is 101 Å². The molecular formula is C32H52N8O9. The molecule has 49 heavy (non-hydrogen) atoms. The van der Waals surface area contributed by atoms with Crippen molar-refractivity contribution in [3.8, 4) is 0 Å². The number of carbonyl (C=O) groups is 7. The van der Waals surface area contributed by atoms with Gasteiger partial charge in [-0.15, -0.1) is 0 Å². The summed E-state index contributed by atoms with van der Waals surface area (Å²) in [6.45, 7) is 4.52. The Morgan fingerprint density at radius 2 is 1.41 bits per heavy atom. The lowest BCUT2D eigenvalue weighted by Crippen LogP contribution is -2.60. The molecule has 0 aliphatic rings. The van der Waals surface area contributed by atoms with Gasteiger partial charge in [0.15, 0.2) is 0 Å². The van der Waals surface area contributed by atoms with E-state index in [2.05, 4.69) is 26.6 Å². The number of nitrogens with two attached hydrogens (primary N) is 3. The van der Waals surface area contributed by atoms with Gasteiger partial charge in [0.1, 0.15) is 30.2 Å². The van der Waals surface area contributed by atoms with Crippen LogP contribution >= 0.6 is 0 Å². The highest BCUT2D eigenvalue weighted by molar-refractivity contribution is 5.96. The number of aliphatic hydroxyl groups excluding tert-OH is 1. The molecule has 0 fully saturated rings. The van der Waals surface area contributed by atoms with E-state index in [0.717, 1.165) is 0 Å². The third-order valence-electron chi connectivity index (χ3n) is 7.85. The van der Waals surface area contributed by atoms with E-state index in [4.69, 9.17) is 17.2 Å². The van der Waals surface area contributed by atoms with E-state index in [1.807, 2.05) is 0 Å². The van der Waals surface area contributed by atoms with Crippen LogP contribution in [0.25, 0.3) is 0 Å². The third kappa shape index (κ3) is 15.9. The zero-order valence-electron chi connectivity index (χ0n) is 28.3. The number of primary amides is 1. The van der Waals surface area contributed by atoms with E-state index in [1.54, 1.807) is 44.2 Å². The van der Waals surface area contributed by atoms with Gasteiger partial charge >= 0.3 is 5.97 Å². The van der Waals surface area contributed by atoms with Gasteiger partial charge in [0.05, 0.1) is 12.6 Å². The number of hydrogen-bond acceptors (Lipinski definition) is 10. The van der Waals surface area contributed by atoms with Crippen molar-refractivity contribution in [2.24, 2.45) is 23.1 Å². The second kappa shape index (κ2) is 22.1. The molecule has 0 bridgehead atoms. The Bertz CT molecular complexity index is 1260. The smallest absolute Gasteiger partial charge is 0.326 e. The first-order chi connectivity index (χ1) is 23.1. The molecule has 1 aromatic carbocycles. The maximum Gasteiger partial charge on any atom is 0.326 e. The first-order valence-corrected chi connectivity index (χ1v) is 16.3. The lowest BCUT2D eigenvalue weighted by molar-refractivity contribution is -0.142. The predicted molar refractivity (Wildman–Crippen MR) is 179 cm³/mol. The normalized spacial score (nSPS) is 15.2. The fourth-order valence-electron chi connectivity index (χ4n) is 4.60. The van der Waals surface area contributed by atoms with Gasteiger partial charge in [-0.1, -0.05) is 50.6 Å². The maximum absolute atomic E-state index is 13.7. The number of carbonyl (C=O) groups excluding carboxylic acids is 6. The van der Waals surface area contributed by atoms with Crippen molar-refractivity contribution in [2.75, 3.05) is 13.1 Å². The Morgan fingerprint density at radius 1 is 0.796 bits per heavy atom. The Kier molecular flexibility index (Phi) is 19.1. The van der Waals surface area contributed by atoms with Gasteiger partial charge in [0.25, 0.3) is 0 Å². The van der Waals surface area contributed by atoms with Crippen molar-refractivity contribution < 1.29 is 43.8 Å². The number of aliphatic carboxylic acids is 1. The molecular weight excluding hydrogens is 640 g/mol. The van der Waals surface area contributed by atoms with Crippen LogP contribution in [0.1, 0.15) is 64.9 Å². The summed E-state index contributed by atoms with van der Waals surface area (Å²) in [7, 11) is 0. The number of hydrogen-bond donors (Lipinski definition) is 10. The van der Waals surface area contributed by atoms with E-state index >= 15 is 0 Å². The fourth-order valence-corrected chi connectivity index (χ4v) is 4.60. The second-order valence-corrected chi connectivity index (χ2v) is 11.9. The average Bonchev–Trinajstić information content (AvgIpc) is 3.06. The molecule has 17 heteroatoms. The summed E-state index contributed by atoms with van der Waals surface area (Å²) < 4.78 is 0. The molecule has 1 aromatic rings. The Hall–Kier alpha value is -4.61. The summed E-state index contributed by atoms with van der Waals surface area (Å²) in [5, 5.41) is 31.6. The van der Waals surface area contributed by atoms with Crippen LogP contribution in [0.5, 0.6) is 0 Å². The Labute approximate surface area is 285 Å². The van der Waals surface area contributed by atoms with Crippen molar-refractivity contribution in [3.05, 3.63) is 35.9 Å². The number of unbranched alkanes of at least 4 members (excludes halogenated alkanes) is 1. The van der Waals surface area contributed by atoms with E-state index in [1.165, 1.54) is 6.92 Å². The van der Waals surface area contributed by atoms with E-state index in [0.29, 0.717) is 31.4 Å². The number of rotatable bonds is 23. The van der Waals surface area contributed by atoms with Crippen molar-refractivity contribution in [1.29, 1.82) is 0 Å². The van der Waals surface area contributed by atoms with E-state index < -0.39 is 90.2 Å². The van der Waals surface area contributed by atoms with Gasteiger partial charge in [-0.3, -0.25) is 28.8 Å². The number of nitrogens with one attached hydrogen (secondary N) is 5. The molecule has 0 heterocycles. The molecule has 0 aliphatic carbocycles. The van der Waals surface area contributed by atoms with Gasteiger partial charge in [0, 0.05) is 12.8 Å². The molecule has 1 rings (SSSR count). The van der Waals surface area contributed by atoms with Crippen molar-refractivity contribution in [1.82, 2.24) is 26.6 Å². The summed E-state index contributed by atoms with van der Waals surface area (Å²) in [6, 6.07) is 2.42. The number of carboxylic acid groups (broad SMARTS) is 1. The maximum atomic E-state index is 13.7. The number of benzene rings is 1. The molecule has 7 atom stereocenters. The van der Waals surface area contributed by atoms with Crippen molar-refractivity contribution in [3.63, 3.8) is 0 Å². The van der Waals surface area contributed by atoms with Crippen LogP contribution in [0.4, 0.5) is 0 Å². The Balaban J connectivity index is 3.21. The minimum atomic E-state index is -1.35. The highest BCUT2D eigenvalue weighted by atomic mass is 16.4. The van der Waals surface area contributed by atoms with Crippen LogP contribution in [0.2, 0.25) is 0 Å². The van der Waals surface area contributed by atoms with Crippen LogP contribution in [0.15, 0.2) is 30.3 Å². The quantitative estimate of drug-likeness (QED) is 0.0536. The SMILES string of the molecule is CC[C@H](C)[C@H](NC(=O)[C@H](CCC(N)=O)NC(=O)CNC(=O)[C@@H](N)[C@@H](C)O)C(=O)N[C@@H](Cc1ccccc1)C(=O)N[C@@H](CCCCN)C(=O)O. The molecule has 0 unspecified atom stereocenters. The zero-order chi connectivity index (χ0) is 37.1. The largest absolute Gasteiger partial charge is 0.480 e. The predicted octanol–water partition coefficient (Wildman–Crippen LogP) is -2.48. The lowest BCUT2D eigenvalue weighted by Gasteiger charge is -2.29. The van der Waals surface area contributed by atoms with Gasteiger partial charge in [-0.2, -0.15) is 0 Å². The fraction of sp³-hybridized carbons (Fsp3) is 0.594. The minimum absolute atomic E-state index is 0.0104. The average molecular weight is 693 g/mol. The summed E-state index contributed by atoms with van der Waals surface area (Å²) in [5.41, 5.74) is 17.0. The molecule has 274 valence electrons. The summed E-state index contributed by atoms with van der Waals surface area (Å²) in [4.78, 5) is 88.7. The molecule has 0 spiro atoms. The molecule has 17 nitrogen and oxygen atoms in total. The molecule has 6 amide bonds. The summed E-state index contributed by atoms with van der Waals surface area (Å²) in [5.74, 6) is -6.43. The number of aliphatic hydroxyl groups is 1. The molecule has 0 saturated heterocycles. The minimum Gasteiger partial charge on any atom is -0.480 e. The molecule has 0 aromatic heterocycles. The highest BCUT2D eigenvalue weighted by Gasteiger charge is 2.33. The highest BCUT2D eigenvalue weighted by Crippen LogP contribution is 2.12. The van der Waals surface area contributed by atoms with Gasteiger partial charge < -0.3 is 54.0 Å². The monoisotopic (exact) mass is 692 g/mol. The van der Waals surface area contributed by atoms with Crippen molar-refractivity contribution >= 4 is 41.4 Å². The number of amides is 6. The van der Waals surface area contributed by atoms with E-state index in [9.17, 15) is 43.8 Å². The van der Waals surface area contributed by atoms with E-state index in [-0.39, 0.29) is 25.7 Å². The molecule has 0 saturated carbocycles. The first kappa shape index (κ1) is 42.4. The van der Waals surface area contributed by atoms with Gasteiger partial charge in [-0.05, 0) is 50.6 Å². The lowest BCUT2D eigenvalue weighted by atomic mass is 9.96. The van der Waals surface area contributed by atoms with Crippen molar-refractivity contribution in [2.45, 2.75) is 102 Å². The molecule has 0 aliphatic heterocycles. The molecule has 0 radical (unpaired) electrons. The Morgan fingerprint density at radius 3 is 1.96 bits per heavy atom. The summed E-state index contributed by atoms with van der Waals surface area (Å²) >= 11 is 0. The van der Waals surface area contributed by atoms with Gasteiger partial charge in [-0.25, -0.2) is 4.79 Å². The van der Waals surface area contributed by atoms with Gasteiger partial charge in [0.2, 0.25) is 35.4 Å². The first-order valence-electron chi connectivity index (χ1n) is 16.3. The topological polar surface area (TPSA) is 298 Å². The number of carboxylic acids is 1. The van der Waals surface area contributed by atoms with Crippen LogP contribution in [-0.2, 0) is 40.0 Å². The molecule has 13 N–H and O–H groups in total. The zero-order valence-corrected chi connectivity index (χ0v) is 28.3. The third-order valence-corrected chi connectivity index (χ3v) is 7.85. The standard InChI is InChI=1S/C32H52N8O9/c1-4-18(2)27(40-28(44)21(13-14-24(34)42)37-25(43)17-36-30(46)26(35)19(3)41)31(47)39-23(16-20-10-6-5-7-11-20)29(45)38-22(32(48)49)12-8-9-15-33/h5-7,10-11,18-19,21-23,26-27,41H,4,8-9,12-17,33,35H2,1-3H3,(H2,34,42)(H,36,46)(H,37,43)(H,38,45)(H,39,47)(H,40,44)(H,48,49)/t18-,19+,21-,22-,23-,26-,27-/m0/s1. The second-order valence-electron chi connectivity index (χ2n) is 11.9. The van der Waals surface area contributed by atoms with Crippen LogP contribution in [0.3, 0.4) is 0 Å². The van der Waals surface area contributed by atoms with Crippen LogP contribution < -0.4 is 43.8 Å².